The number of benzene rings is 1. The quantitative estimate of drug-likeness (QED) is 0.918. The third-order valence-electron chi connectivity index (χ3n) is 3.73. The highest BCUT2D eigenvalue weighted by Crippen LogP contribution is 2.42. The summed E-state index contributed by atoms with van der Waals surface area (Å²) in [7, 11) is 0. The Labute approximate surface area is 112 Å². The average molecular weight is 257 g/mol. The van der Waals surface area contributed by atoms with E-state index in [-0.39, 0.29) is 5.56 Å². The summed E-state index contributed by atoms with van der Waals surface area (Å²) in [6.45, 7) is 4.84. The van der Waals surface area contributed by atoms with E-state index in [9.17, 15) is 4.79 Å². The van der Waals surface area contributed by atoms with E-state index >= 15 is 0 Å². The van der Waals surface area contributed by atoms with E-state index in [1.807, 2.05) is 35.9 Å². The first-order chi connectivity index (χ1) is 9.13. The molecule has 100 valence electrons. The number of aryl methyl sites for hydroxylation is 1. The number of nitrogen functional groups attached to an aromatic ring is 1. The summed E-state index contributed by atoms with van der Waals surface area (Å²) in [5, 5.41) is 0. The molecule has 4 nitrogen and oxygen atoms in total. The Morgan fingerprint density at radius 1 is 1.37 bits per heavy atom. The van der Waals surface area contributed by atoms with Crippen molar-refractivity contribution in [2.75, 3.05) is 5.73 Å². The minimum atomic E-state index is -0.0886. The zero-order chi connectivity index (χ0) is 13.6. The van der Waals surface area contributed by atoms with Gasteiger partial charge in [-0.2, -0.15) is 0 Å². The molecule has 0 radical (unpaired) electrons. The molecule has 1 aromatic heterocycles. The minimum Gasteiger partial charge on any atom is -0.393 e. The van der Waals surface area contributed by atoms with E-state index in [1.165, 1.54) is 0 Å². The first-order valence-electron chi connectivity index (χ1n) is 6.81. The van der Waals surface area contributed by atoms with Crippen LogP contribution in [0, 0.1) is 6.92 Å². The molecule has 0 spiro atoms. The second kappa shape index (κ2) is 4.30. The zero-order valence-corrected chi connectivity index (χ0v) is 11.4. The van der Waals surface area contributed by atoms with Crippen LogP contribution >= 0.6 is 0 Å². The largest absolute Gasteiger partial charge is 0.393 e. The number of hydrogen-bond donors (Lipinski definition) is 1. The first-order valence-corrected chi connectivity index (χ1v) is 6.81. The maximum Gasteiger partial charge on any atom is 0.294 e. The standard InChI is InChI=1S/C15H19N3O/c1-3-17-14(11-7-8-11)13(16)15(19)18(17)12-6-4-5-10(2)9-12/h4-6,9,11H,3,7-8,16H2,1-2H3. The Morgan fingerprint density at radius 3 is 2.68 bits per heavy atom. The third kappa shape index (κ3) is 1.87. The lowest BCUT2D eigenvalue weighted by Gasteiger charge is -2.13. The van der Waals surface area contributed by atoms with E-state index < -0.39 is 0 Å². The Bertz CT molecular complexity index is 677. The summed E-state index contributed by atoms with van der Waals surface area (Å²) in [5.41, 5.74) is 9.43. The monoisotopic (exact) mass is 257 g/mol. The van der Waals surface area contributed by atoms with E-state index in [2.05, 4.69) is 6.92 Å². The fourth-order valence-corrected chi connectivity index (χ4v) is 2.70. The van der Waals surface area contributed by atoms with Gasteiger partial charge in [-0.05, 0) is 44.4 Å². The van der Waals surface area contributed by atoms with Crippen molar-refractivity contribution >= 4 is 5.69 Å². The van der Waals surface area contributed by atoms with Crippen molar-refractivity contribution in [1.82, 2.24) is 9.36 Å². The molecule has 3 rings (SSSR count). The van der Waals surface area contributed by atoms with Crippen LogP contribution in [0.4, 0.5) is 5.69 Å². The molecule has 1 fully saturated rings. The minimum absolute atomic E-state index is 0.0886. The lowest BCUT2D eigenvalue weighted by Crippen LogP contribution is -2.22. The van der Waals surface area contributed by atoms with Gasteiger partial charge < -0.3 is 5.73 Å². The number of aromatic nitrogens is 2. The molecule has 0 atom stereocenters. The fraction of sp³-hybridized carbons (Fsp3) is 0.400. The highest BCUT2D eigenvalue weighted by molar-refractivity contribution is 5.49. The number of nitrogens with two attached hydrogens (primary N) is 1. The maximum atomic E-state index is 12.4. The van der Waals surface area contributed by atoms with E-state index in [1.54, 1.807) is 4.68 Å². The van der Waals surface area contributed by atoms with Crippen LogP contribution in [-0.4, -0.2) is 9.36 Å². The Hall–Kier alpha value is -1.97. The predicted molar refractivity (Wildman–Crippen MR) is 76.8 cm³/mol. The van der Waals surface area contributed by atoms with Gasteiger partial charge in [0.15, 0.2) is 0 Å². The van der Waals surface area contributed by atoms with Crippen LogP contribution in [0.2, 0.25) is 0 Å². The lowest BCUT2D eigenvalue weighted by atomic mass is 10.2. The highest BCUT2D eigenvalue weighted by Gasteiger charge is 2.32. The van der Waals surface area contributed by atoms with Crippen LogP contribution in [-0.2, 0) is 6.54 Å². The van der Waals surface area contributed by atoms with Crippen LogP contribution in [0.3, 0.4) is 0 Å². The first kappa shape index (κ1) is 12.1. The van der Waals surface area contributed by atoms with Crippen molar-refractivity contribution in [3.05, 3.63) is 45.9 Å². The molecule has 0 unspecified atom stereocenters. The summed E-state index contributed by atoms with van der Waals surface area (Å²) in [5.74, 6) is 0.471. The molecule has 0 saturated heterocycles. The zero-order valence-electron chi connectivity index (χ0n) is 11.4. The van der Waals surface area contributed by atoms with Gasteiger partial charge in [0, 0.05) is 12.5 Å². The average Bonchev–Trinajstić information content (AvgIpc) is 3.18. The predicted octanol–water partition coefficient (Wildman–Crippen LogP) is 2.43. The number of rotatable bonds is 3. The Kier molecular flexibility index (Phi) is 2.73. The van der Waals surface area contributed by atoms with Crippen molar-refractivity contribution < 1.29 is 0 Å². The van der Waals surface area contributed by atoms with Crippen LogP contribution in [0.1, 0.15) is 36.9 Å². The smallest absolute Gasteiger partial charge is 0.294 e. The molecule has 0 aliphatic heterocycles. The van der Waals surface area contributed by atoms with Crippen LogP contribution in [0.5, 0.6) is 0 Å². The van der Waals surface area contributed by atoms with E-state index in [0.29, 0.717) is 11.6 Å². The summed E-state index contributed by atoms with van der Waals surface area (Å²) in [6, 6.07) is 7.97. The molecule has 1 aliphatic carbocycles. The van der Waals surface area contributed by atoms with Crippen molar-refractivity contribution in [3.63, 3.8) is 0 Å². The molecule has 1 saturated carbocycles. The second-order valence-electron chi connectivity index (χ2n) is 5.24. The molecule has 1 heterocycles. The van der Waals surface area contributed by atoms with Gasteiger partial charge in [0.05, 0.1) is 11.4 Å². The van der Waals surface area contributed by atoms with E-state index in [0.717, 1.165) is 36.3 Å². The summed E-state index contributed by atoms with van der Waals surface area (Å²) < 4.78 is 3.75. The summed E-state index contributed by atoms with van der Waals surface area (Å²) in [4.78, 5) is 12.4. The van der Waals surface area contributed by atoms with Crippen molar-refractivity contribution in [3.8, 4) is 5.69 Å². The molecule has 0 bridgehead atoms. The van der Waals surface area contributed by atoms with Gasteiger partial charge in [0.2, 0.25) is 0 Å². The van der Waals surface area contributed by atoms with Crippen molar-refractivity contribution in [2.24, 2.45) is 0 Å². The van der Waals surface area contributed by atoms with Gasteiger partial charge in [0.1, 0.15) is 5.69 Å². The van der Waals surface area contributed by atoms with Crippen LogP contribution < -0.4 is 11.3 Å². The Morgan fingerprint density at radius 2 is 2.11 bits per heavy atom. The third-order valence-corrected chi connectivity index (χ3v) is 3.73. The van der Waals surface area contributed by atoms with Gasteiger partial charge in [-0.25, -0.2) is 4.68 Å². The van der Waals surface area contributed by atoms with Gasteiger partial charge in [0.25, 0.3) is 5.56 Å². The lowest BCUT2D eigenvalue weighted by molar-refractivity contribution is 0.549. The molecule has 19 heavy (non-hydrogen) atoms. The van der Waals surface area contributed by atoms with Crippen LogP contribution in [0.25, 0.3) is 5.69 Å². The van der Waals surface area contributed by atoms with E-state index in [4.69, 9.17) is 5.73 Å². The number of nitrogens with zero attached hydrogens (tertiary/aromatic N) is 2. The van der Waals surface area contributed by atoms with Gasteiger partial charge in [-0.15, -0.1) is 0 Å². The SMILES string of the molecule is CCn1c(C2CC2)c(N)c(=O)n1-c1cccc(C)c1. The molecule has 0 amide bonds. The van der Waals surface area contributed by atoms with Crippen molar-refractivity contribution in [2.45, 2.75) is 39.2 Å². The van der Waals surface area contributed by atoms with Gasteiger partial charge >= 0.3 is 0 Å². The molecule has 4 heteroatoms. The van der Waals surface area contributed by atoms with Gasteiger partial charge in [-0.3, -0.25) is 9.48 Å². The molecular weight excluding hydrogens is 238 g/mol. The number of hydrogen-bond acceptors (Lipinski definition) is 2. The molecule has 1 aromatic carbocycles. The Balaban J connectivity index is 2.26. The fourth-order valence-electron chi connectivity index (χ4n) is 2.70. The topological polar surface area (TPSA) is 52.9 Å². The van der Waals surface area contributed by atoms with Gasteiger partial charge in [-0.1, -0.05) is 12.1 Å². The maximum absolute atomic E-state index is 12.4. The summed E-state index contributed by atoms with van der Waals surface area (Å²) in [6.07, 6.45) is 2.28. The molecule has 2 aromatic rings. The molecule has 1 aliphatic rings. The summed E-state index contributed by atoms with van der Waals surface area (Å²) >= 11 is 0. The number of anilines is 1. The highest BCUT2D eigenvalue weighted by atomic mass is 16.1. The van der Waals surface area contributed by atoms with Crippen molar-refractivity contribution in [1.29, 1.82) is 0 Å². The second-order valence-corrected chi connectivity index (χ2v) is 5.24. The van der Waals surface area contributed by atoms with Crippen LogP contribution in [0.15, 0.2) is 29.1 Å². The normalized spacial score (nSPS) is 14.8. The molecular formula is C15H19N3O. The molecule has 2 N–H and O–H groups in total.